The number of nitrogens with one attached hydrogen (secondary N) is 1. The van der Waals surface area contributed by atoms with Crippen LogP contribution in [0.25, 0.3) is 11.0 Å². The van der Waals surface area contributed by atoms with E-state index in [1.165, 1.54) is 31.4 Å². The molecule has 138 valence electrons. The summed E-state index contributed by atoms with van der Waals surface area (Å²) >= 11 is 0. The van der Waals surface area contributed by atoms with Crippen molar-refractivity contribution in [3.05, 3.63) is 71.8 Å². The summed E-state index contributed by atoms with van der Waals surface area (Å²) in [5.74, 6) is -1.32. The number of amides is 1. The van der Waals surface area contributed by atoms with Gasteiger partial charge in [0.2, 0.25) is 5.91 Å². The van der Waals surface area contributed by atoms with Crippen LogP contribution in [0.5, 0.6) is 0 Å². The summed E-state index contributed by atoms with van der Waals surface area (Å²) < 4.78 is 17.8. The Morgan fingerprint density at radius 2 is 1.81 bits per heavy atom. The minimum Gasteiger partial charge on any atom is -0.467 e. The predicted octanol–water partition coefficient (Wildman–Crippen LogP) is 2.21. The number of methoxy groups -OCH3 is 1. The summed E-state index contributed by atoms with van der Waals surface area (Å²) in [6, 6.07) is 12.1. The quantitative estimate of drug-likeness (QED) is 0.676. The summed E-state index contributed by atoms with van der Waals surface area (Å²) in [7, 11) is 1.26. The van der Waals surface area contributed by atoms with Crippen LogP contribution < -0.4 is 5.32 Å². The van der Waals surface area contributed by atoms with Crippen LogP contribution in [0, 0.1) is 5.82 Å². The molecule has 1 atom stereocenters. The predicted molar refractivity (Wildman–Crippen MR) is 97.3 cm³/mol. The highest BCUT2D eigenvalue weighted by Crippen LogP contribution is 2.10. The number of esters is 1. The van der Waals surface area contributed by atoms with Crippen LogP contribution in [-0.2, 0) is 27.2 Å². The fourth-order valence-corrected chi connectivity index (χ4v) is 2.67. The molecule has 0 aliphatic rings. The van der Waals surface area contributed by atoms with Gasteiger partial charge in [-0.05, 0) is 29.8 Å². The van der Waals surface area contributed by atoms with E-state index in [1.807, 2.05) is 24.3 Å². The maximum absolute atomic E-state index is 13.0. The van der Waals surface area contributed by atoms with E-state index < -0.39 is 12.0 Å². The van der Waals surface area contributed by atoms with Gasteiger partial charge in [-0.15, -0.1) is 0 Å². The number of halogens is 1. The van der Waals surface area contributed by atoms with Gasteiger partial charge in [0.15, 0.2) is 0 Å². The van der Waals surface area contributed by atoms with Gasteiger partial charge in [0.05, 0.1) is 30.3 Å². The zero-order chi connectivity index (χ0) is 19.2. The summed E-state index contributed by atoms with van der Waals surface area (Å²) in [6.07, 6.45) is 1.75. The fraction of sp³-hybridized carbons (Fsp3) is 0.200. The highest BCUT2D eigenvalue weighted by atomic mass is 19.1. The first-order valence-electron chi connectivity index (χ1n) is 8.37. The first kappa shape index (κ1) is 18.4. The third-order valence-corrected chi connectivity index (χ3v) is 4.01. The number of hydrogen-bond acceptors (Lipinski definition) is 5. The third kappa shape index (κ3) is 4.84. The molecule has 6 nitrogen and oxygen atoms in total. The molecule has 0 aliphatic heterocycles. The molecule has 0 bridgehead atoms. The van der Waals surface area contributed by atoms with E-state index in [0.717, 1.165) is 5.52 Å². The average Bonchev–Trinajstić information content (AvgIpc) is 2.68. The van der Waals surface area contributed by atoms with Crippen LogP contribution in [-0.4, -0.2) is 35.0 Å². The van der Waals surface area contributed by atoms with Crippen molar-refractivity contribution in [1.29, 1.82) is 0 Å². The van der Waals surface area contributed by atoms with Crippen molar-refractivity contribution < 1.29 is 18.7 Å². The molecule has 1 heterocycles. The molecule has 0 unspecified atom stereocenters. The molecule has 0 saturated heterocycles. The molecule has 1 aromatic heterocycles. The SMILES string of the molecule is COC(=O)[C@@H](Cc1cnc2ccccc2n1)NC(=O)Cc1ccc(F)cc1. The van der Waals surface area contributed by atoms with E-state index in [9.17, 15) is 14.0 Å². The lowest BCUT2D eigenvalue weighted by molar-refractivity contribution is -0.145. The molecule has 0 aliphatic carbocycles. The molecule has 27 heavy (non-hydrogen) atoms. The molecule has 0 spiro atoms. The van der Waals surface area contributed by atoms with Gasteiger partial charge in [-0.1, -0.05) is 24.3 Å². The van der Waals surface area contributed by atoms with E-state index >= 15 is 0 Å². The smallest absolute Gasteiger partial charge is 0.328 e. The second kappa shape index (κ2) is 8.35. The fourth-order valence-electron chi connectivity index (χ4n) is 2.67. The highest BCUT2D eigenvalue weighted by Gasteiger charge is 2.23. The van der Waals surface area contributed by atoms with E-state index in [-0.39, 0.29) is 24.6 Å². The van der Waals surface area contributed by atoms with E-state index in [0.29, 0.717) is 16.8 Å². The van der Waals surface area contributed by atoms with Crippen molar-refractivity contribution >= 4 is 22.9 Å². The Morgan fingerprint density at radius 1 is 1.11 bits per heavy atom. The Morgan fingerprint density at radius 3 is 2.52 bits per heavy atom. The topological polar surface area (TPSA) is 81.2 Å². The summed E-state index contributed by atoms with van der Waals surface area (Å²) in [6.45, 7) is 0. The summed E-state index contributed by atoms with van der Waals surface area (Å²) in [5.41, 5.74) is 2.65. The van der Waals surface area contributed by atoms with E-state index in [1.54, 1.807) is 6.20 Å². The first-order chi connectivity index (χ1) is 13.0. The number of hydrogen-bond donors (Lipinski definition) is 1. The van der Waals surface area contributed by atoms with Crippen LogP contribution in [0.4, 0.5) is 4.39 Å². The molecule has 0 saturated carbocycles. The Bertz CT molecular complexity index is 960. The van der Waals surface area contributed by atoms with Gasteiger partial charge in [-0.2, -0.15) is 0 Å². The summed E-state index contributed by atoms with van der Waals surface area (Å²) in [5, 5.41) is 2.65. The maximum atomic E-state index is 13.0. The van der Waals surface area contributed by atoms with Crippen molar-refractivity contribution in [1.82, 2.24) is 15.3 Å². The monoisotopic (exact) mass is 367 g/mol. The van der Waals surface area contributed by atoms with Crippen LogP contribution in [0.15, 0.2) is 54.7 Å². The van der Waals surface area contributed by atoms with E-state index in [4.69, 9.17) is 4.74 Å². The molecular weight excluding hydrogens is 349 g/mol. The number of benzene rings is 2. The van der Waals surface area contributed by atoms with Crippen LogP contribution in [0.3, 0.4) is 0 Å². The molecule has 3 aromatic rings. The zero-order valence-corrected chi connectivity index (χ0v) is 14.7. The Balaban J connectivity index is 1.71. The second-order valence-electron chi connectivity index (χ2n) is 6.00. The number of fused-ring (bicyclic) bond motifs is 1. The van der Waals surface area contributed by atoms with Gasteiger partial charge in [0.25, 0.3) is 0 Å². The van der Waals surface area contributed by atoms with Gasteiger partial charge in [0, 0.05) is 12.6 Å². The van der Waals surface area contributed by atoms with Crippen molar-refractivity contribution in [3.8, 4) is 0 Å². The van der Waals surface area contributed by atoms with Gasteiger partial charge in [-0.25, -0.2) is 14.2 Å². The van der Waals surface area contributed by atoms with Gasteiger partial charge < -0.3 is 10.1 Å². The number of carbonyl (C=O) groups excluding carboxylic acids is 2. The Hall–Kier alpha value is -3.35. The lowest BCUT2D eigenvalue weighted by atomic mass is 10.1. The third-order valence-electron chi connectivity index (χ3n) is 4.01. The molecule has 1 N–H and O–H groups in total. The van der Waals surface area contributed by atoms with E-state index in [2.05, 4.69) is 15.3 Å². The lowest BCUT2D eigenvalue weighted by Gasteiger charge is -2.16. The standard InChI is InChI=1S/C20H18FN3O3/c1-27-20(26)18(24-19(25)10-13-6-8-14(21)9-7-13)11-15-12-22-16-4-2-3-5-17(16)23-15/h2-9,12,18H,10-11H2,1H3,(H,24,25)/t18-/m1/s1. The Labute approximate surface area is 155 Å². The van der Waals surface area contributed by atoms with Gasteiger partial charge >= 0.3 is 5.97 Å². The van der Waals surface area contributed by atoms with Crippen molar-refractivity contribution in [2.45, 2.75) is 18.9 Å². The number of carbonyl (C=O) groups is 2. The number of rotatable bonds is 6. The van der Waals surface area contributed by atoms with Crippen molar-refractivity contribution in [2.75, 3.05) is 7.11 Å². The number of nitrogens with zero attached hydrogens (tertiary/aromatic N) is 2. The van der Waals surface area contributed by atoms with Gasteiger partial charge in [-0.3, -0.25) is 9.78 Å². The average molecular weight is 367 g/mol. The minimum absolute atomic E-state index is 0.0250. The zero-order valence-electron chi connectivity index (χ0n) is 14.7. The molecule has 3 rings (SSSR count). The summed E-state index contributed by atoms with van der Waals surface area (Å²) in [4.78, 5) is 33.1. The van der Waals surface area contributed by atoms with Crippen LogP contribution in [0.2, 0.25) is 0 Å². The molecule has 2 aromatic carbocycles. The maximum Gasteiger partial charge on any atom is 0.328 e. The first-order valence-corrected chi connectivity index (χ1v) is 8.37. The highest BCUT2D eigenvalue weighted by molar-refractivity contribution is 5.85. The minimum atomic E-state index is -0.890. The molecule has 0 fully saturated rings. The van der Waals surface area contributed by atoms with Crippen molar-refractivity contribution in [2.24, 2.45) is 0 Å². The normalized spacial score (nSPS) is 11.8. The largest absolute Gasteiger partial charge is 0.467 e. The molecular formula is C20H18FN3O3. The number of ether oxygens (including phenoxy) is 1. The number of para-hydroxylation sites is 2. The number of aromatic nitrogens is 2. The molecule has 7 heteroatoms. The van der Waals surface area contributed by atoms with Gasteiger partial charge in [0.1, 0.15) is 11.9 Å². The molecule has 1 amide bonds. The Kier molecular flexibility index (Phi) is 5.71. The van der Waals surface area contributed by atoms with Crippen molar-refractivity contribution in [3.63, 3.8) is 0 Å². The second-order valence-corrected chi connectivity index (χ2v) is 6.00. The molecule has 0 radical (unpaired) electrons. The van der Waals surface area contributed by atoms with Crippen LogP contribution in [0.1, 0.15) is 11.3 Å². The van der Waals surface area contributed by atoms with Crippen LogP contribution >= 0.6 is 0 Å². The lowest BCUT2D eigenvalue weighted by Crippen LogP contribution is -2.43.